The summed E-state index contributed by atoms with van der Waals surface area (Å²) in [5.74, 6) is -0.769. The van der Waals surface area contributed by atoms with Crippen LogP contribution in [0.5, 0.6) is 0 Å². The van der Waals surface area contributed by atoms with Gasteiger partial charge in [0.25, 0.3) is 0 Å². The molecule has 0 bridgehead atoms. The molecule has 0 aromatic heterocycles. The second-order valence-electron chi connectivity index (χ2n) is 3.82. The van der Waals surface area contributed by atoms with Crippen molar-refractivity contribution >= 4 is 17.6 Å². The molecule has 1 aliphatic rings. The van der Waals surface area contributed by atoms with Gasteiger partial charge in [0.2, 0.25) is 0 Å². The number of carboxylic acid groups (broad SMARTS) is 1. The average Bonchev–Trinajstić information content (AvgIpc) is 2.69. The van der Waals surface area contributed by atoms with Crippen molar-refractivity contribution in [2.45, 2.75) is 11.8 Å². The fraction of sp³-hybridized carbons (Fsp3) is 0.364. The Morgan fingerprint density at radius 2 is 2.07 bits per heavy atom. The summed E-state index contributed by atoms with van der Waals surface area (Å²) < 4.78 is 0. The topological polar surface area (TPSA) is 49.3 Å². The lowest BCUT2D eigenvalue weighted by Crippen LogP contribution is -2.37. The van der Waals surface area contributed by atoms with Crippen molar-refractivity contribution in [2.24, 2.45) is 0 Å². The van der Waals surface area contributed by atoms with Gasteiger partial charge in [0, 0.05) is 11.6 Å². The highest BCUT2D eigenvalue weighted by molar-refractivity contribution is 6.30. The molecule has 0 saturated carbocycles. The summed E-state index contributed by atoms with van der Waals surface area (Å²) in [6.45, 7) is 1.24. The fourth-order valence-corrected chi connectivity index (χ4v) is 2.14. The average molecular weight is 226 g/mol. The Balaban J connectivity index is 2.41. The van der Waals surface area contributed by atoms with Crippen LogP contribution in [-0.4, -0.2) is 24.2 Å². The van der Waals surface area contributed by atoms with Crippen molar-refractivity contribution < 1.29 is 9.90 Å². The number of benzene rings is 1. The van der Waals surface area contributed by atoms with Gasteiger partial charge in [-0.25, -0.2) is 0 Å². The van der Waals surface area contributed by atoms with E-state index in [0.717, 1.165) is 12.1 Å². The minimum Gasteiger partial charge on any atom is -0.481 e. The van der Waals surface area contributed by atoms with Gasteiger partial charge in [0.1, 0.15) is 5.41 Å². The SMILES string of the molecule is O=C(O)C1(c2ccc(Cl)cc2)CCNC1. The Bertz CT molecular complexity index is 369. The molecule has 0 aliphatic carbocycles. The monoisotopic (exact) mass is 225 g/mol. The van der Waals surface area contributed by atoms with Crippen molar-refractivity contribution in [1.29, 1.82) is 0 Å². The molecule has 1 unspecified atom stereocenters. The number of rotatable bonds is 2. The smallest absolute Gasteiger partial charge is 0.315 e. The lowest BCUT2D eigenvalue weighted by molar-refractivity contribution is -0.143. The van der Waals surface area contributed by atoms with Crippen LogP contribution in [0.1, 0.15) is 12.0 Å². The first-order valence-corrected chi connectivity index (χ1v) is 5.23. The van der Waals surface area contributed by atoms with Gasteiger partial charge in [-0.05, 0) is 30.7 Å². The maximum atomic E-state index is 11.3. The van der Waals surface area contributed by atoms with E-state index >= 15 is 0 Å². The summed E-state index contributed by atoms with van der Waals surface area (Å²) in [5, 5.41) is 13.0. The number of aliphatic carboxylic acids is 1. The third-order valence-corrected chi connectivity index (χ3v) is 3.21. The zero-order valence-electron chi connectivity index (χ0n) is 8.16. The lowest BCUT2D eigenvalue weighted by atomic mass is 9.80. The third-order valence-electron chi connectivity index (χ3n) is 2.96. The molecule has 0 radical (unpaired) electrons. The number of nitrogens with one attached hydrogen (secondary N) is 1. The van der Waals surface area contributed by atoms with Gasteiger partial charge >= 0.3 is 5.97 Å². The van der Waals surface area contributed by atoms with Gasteiger partial charge < -0.3 is 10.4 Å². The molecule has 2 rings (SSSR count). The van der Waals surface area contributed by atoms with Crippen LogP contribution < -0.4 is 5.32 Å². The normalized spacial score (nSPS) is 25.4. The van der Waals surface area contributed by atoms with Gasteiger partial charge in [-0.1, -0.05) is 23.7 Å². The van der Waals surface area contributed by atoms with Crippen LogP contribution in [0.2, 0.25) is 5.02 Å². The van der Waals surface area contributed by atoms with Gasteiger partial charge in [-0.2, -0.15) is 0 Å². The standard InChI is InChI=1S/C11H12ClNO2/c12-9-3-1-8(2-4-9)11(10(14)15)5-6-13-7-11/h1-4,13H,5-7H2,(H,14,15). The molecule has 15 heavy (non-hydrogen) atoms. The first-order valence-electron chi connectivity index (χ1n) is 4.85. The van der Waals surface area contributed by atoms with E-state index < -0.39 is 11.4 Å². The molecule has 80 valence electrons. The maximum Gasteiger partial charge on any atom is 0.315 e. The van der Waals surface area contributed by atoms with Crippen LogP contribution in [0.4, 0.5) is 0 Å². The Labute approximate surface area is 93.1 Å². The summed E-state index contributed by atoms with van der Waals surface area (Å²) in [4.78, 5) is 11.3. The van der Waals surface area contributed by atoms with Crippen LogP contribution in [0.25, 0.3) is 0 Å². The molecular formula is C11H12ClNO2. The molecule has 4 heteroatoms. The molecule has 1 heterocycles. The van der Waals surface area contributed by atoms with Crippen molar-refractivity contribution in [3.63, 3.8) is 0 Å². The quantitative estimate of drug-likeness (QED) is 0.805. The van der Waals surface area contributed by atoms with E-state index in [1.54, 1.807) is 24.3 Å². The van der Waals surface area contributed by atoms with Gasteiger partial charge in [0.15, 0.2) is 0 Å². The van der Waals surface area contributed by atoms with E-state index in [0.29, 0.717) is 18.0 Å². The highest BCUT2D eigenvalue weighted by Crippen LogP contribution is 2.31. The molecule has 1 fully saturated rings. The first-order chi connectivity index (χ1) is 7.15. The number of halogens is 1. The molecule has 1 aromatic carbocycles. The Hall–Kier alpha value is -1.06. The number of hydrogen-bond donors (Lipinski definition) is 2. The second-order valence-corrected chi connectivity index (χ2v) is 4.26. The highest BCUT2D eigenvalue weighted by atomic mass is 35.5. The second kappa shape index (κ2) is 3.83. The predicted molar refractivity (Wildman–Crippen MR) is 58.3 cm³/mol. The third kappa shape index (κ3) is 1.73. The molecule has 1 aromatic rings. The van der Waals surface area contributed by atoms with E-state index in [4.69, 9.17) is 11.6 Å². The van der Waals surface area contributed by atoms with Crippen LogP contribution in [0.15, 0.2) is 24.3 Å². The molecule has 1 atom stereocenters. The van der Waals surface area contributed by atoms with Gasteiger partial charge in [0.05, 0.1) is 0 Å². The van der Waals surface area contributed by atoms with E-state index in [1.807, 2.05) is 0 Å². The molecule has 2 N–H and O–H groups in total. The summed E-state index contributed by atoms with van der Waals surface area (Å²) in [6.07, 6.45) is 0.629. The number of carboxylic acids is 1. The molecular weight excluding hydrogens is 214 g/mol. The minimum absolute atomic E-state index is 0.490. The Morgan fingerprint density at radius 1 is 1.40 bits per heavy atom. The highest BCUT2D eigenvalue weighted by Gasteiger charge is 2.42. The van der Waals surface area contributed by atoms with Gasteiger partial charge in [-0.15, -0.1) is 0 Å². The van der Waals surface area contributed by atoms with E-state index in [1.165, 1.54) is 0 Å². The summed E-state index contributed by atoms with van der Waals surface area (Å²) in [6, 6.07) is 7.06. The van der Waals surface area contributed by atoms with E-state index in [2.05, 4.69) is 5.32 Å². The van der Waals surface area contributed by atoms with Crippen molar-refractivity contribution in [3.8, 4) is 0 Å². The van der Waals surface area contributed by atoms with Gasteiger partial charge in [-0.3, -0.25) is 4.79 Å². The maximum absolute atomic E-state index is 11.3. The number of carbonyl (C=O) groups is 1. The molecule has 3 nitrogen and oxygen atoms in total. The molecule has 1 aliphatic heterocycles. The van der Waals surface area contributed by atoms with Crippen LogP contribution >= 0.6 is 11.6 Å². The Morgan fingerprint density at radius 3 is 2.53 bits per heavy atom. The summed E-state index contributed by atoms with van der Waals surface area (Å²) in [5.41, 5.74) is 0.0503. The zero-order chi connectivity index (χ0) is 10.9. The summed E-state index contributed by atoms with van der Waals surface area (Å²) >= 11 is 5.78. The van der Waals surface area contributed by atoms with Crippen LogP contribution in [-0.2, 0) is 10.2 Å². The Kier molecular flexibility index (Phi) is 2.67. The zero-order valence-corrected chi connectivity index (χ0v) is 8.92. The molecule has 0 spiro atoms. The first kappa shape index (κ1) is 10.5. The largest absolute Gasteiger partial charge is 0.481 e. The van der Waals surface area contributed by atoms with Crippen LogP contribution in [0, 0.1) is 0 Å². The van der Waals surface area contributed by atoms with Crippen molar-refractivity contribution in [2.75, 3.05) is 13.1 Å². The van der Waals surface area contributed by atoms with E-state index in [-0.39, 0.29) is 0 Å². The van der Waals surface area contributed by atoms with Crippen molar-refractivity contribution in [3.05, 3.63) is 34.9 Å². The van der Waals surface area contributed by atoms with Crippen LogP contribution in [0.3, 0.4) is 0 Å². The van der Waals surface area contributed by atoms with Crippen molar-refractivity contribution in [1.82, 2.24) is 5.32 Å². The minimum atomic E-state index is -0.773. The molecule has 1 saturated heterocycles. The lowest BCUT2D eigenvalue weighted by Gasteiger charge is -2.23. The summed E-state index contributed by atoms with van der Waals surface area (Å²) in [7, 11) is 0. The predicted octanol–water partition coefficient (Wildman–Crippen LogP) is 1.66. The van der Waals surface area contributed by atoms with E-state index in [9.17, 15) is 9.90 Å². The fourth-order valence-electron chi connectivity index (χ4n) is 2.01. The molecule has 0 amide bonds. The number of hydrogen-bond acceptors (Lipinski definition) is 2.